The monoisotopic (exact) mass is 521 g/mol. The molecule has 2 aliphatic rings. The maximum absolute atomic E-state index is 13.4. The molecule has 4 N–H and O–H groups in total. The molecular weight excluding hydrogens is 502 g/mol. The smallest absolute Gasteiger partial charge is 0.352 e. The highest BCUT2D eigenvalue weighted by atomic mass is 32.2. The van der Waals surface area contributed by atoms with Gasteiger partial charge in [0.25, 0.3) is 11.8 Å². The summed E-state index contributed by atoms with van der Waals surface area (Å²) in [6.45, 7) is 0.873. The lowest BCUT2D eigenvalue weighted by atomic mass is 10.0. The molecule has 4 heterocycles. The minimum absolute atomic E-state index is 0.0267. The molecule has 2 aliphatic heterocycles. The van der Waals surface area contributed by atoms with Crippen molar-refractivity contribution in [3.63, 3.8) is 0 Å². The summed E-state index contributed by atoms with van der Waals surface area (Å²) in [4.78, 5) is 67.5. The van der Waals surface area contributed by atoms with Gasteiger partial charge in [-0.25, -0.2) is 24.3 Å². The highest BCUT2D eigenvalue weighted by Gasteiger charge is 2.58. The van der Waals surface area contributed by atoms with Gasteiger partial charge in [-0.2, -0.15) is 0 Å². The number of nitrogens with one attached hydrogen (secondary N) is 1. The summed E-state index contributed by atoms with van der Waals surface area (Å²) in [6.07, 6.45) is 2.65. The second-order valence-corrected chi connectivity index (χ2v) is 9.52. The number of thiazole rings is 1. The number of fused-ring (bicyclic) bond motifs is 1. The molecule has 1 unspecified atom stereocenters. The zero-order valence-corrected chi connectivity index (χ0v) is 20.0. The van der Waals surface area contributed by atoms with E-state index in [4.69, 9.17) is 15.9 Å². The quantitative estimate of drug-likeness (QED) is 0.230. The number of ether oxygens (including phenoxy) is 1. The molecule has 0 spiro atoms. The van der Waals surface area contributed by atoms with Crippen molar-refractivity contribution in [1.29, 1.82) is 5.41 Å². The summed E-state index contributed by atoms with van der Waals surface area (Å²) in [5.41, 5.74) is 4.22. The molecule has 1 fully saturated rings. The third-order valence-electron chi connectivity index (χ3n) is 5.30. The van der Waals surface area contributed by atoms with Gasteiger partial charge in [0.2, 0.25) is 0 Å². The number of imidazole rings is 1. The summed E-state index contributed by atoms with van der Waals surface area (Å²) >= 11 is 2.16. The highest BCUT2D eigenvalue weighted by Crippen LogP contribution is 2.42. The highest BCUT2D eigenvalue weighted by molar-refractivity contribution is 8.00. The van der Waals surface area contributed by atoms with Gasteiger partial charge in [0.1, 0.15) is 29.1 Å². The molecule has 0 aliphatic carbocycles. The number of aliphatic carboxylic acids is 1. The van der Waals surface area contributed by atoms with Crippen molar-refractivity contribution >= 4 is 57.7 Å². The summed E-state index contributed by atoms with van der Waals surface area (Å²) in [7, 11) is 1.45. The molecular formula is C19H19N7O7S2. The Hall–Kier alpha value is -3.92. The van der Waals surface area contributed by atoms with Crippen molar-refractivity contribution in [1.82, 2.24) is 19.1 Å². The average molecular weight is 522 g/mol. The molecule has 16 heteroatoms. The number of β-lactam (4-membered cyclic amide) rings is 1. The Kier molecular flexibility index (Phi) is 6.25. The lowest BCUT2D eigenvalue weighted by Gasteiger charge is -2.52. The molecule has 4 rings (SSSR count). The van der Waals surface area contributed by atoms with Gasteiger partial charge in [0.15, 0.2) is 11.2 Å². The van der Waals surface area contributed by atoms with E-state index in [1.165, 1.54) is 36.3 Å². The molecule has 184 valence electrons. The van der Waals surface area contributed by atoms with Gasteiger partial charge in [-0.1, -0.05) is 0 Å². The number of esters is 1. The van der Waals surface area contributed by atoms with E-state index in [1.54, 1.807) is 0 Å². The fourth-order valence-electron chi connectivity index (χ4n) is 3.66. The zero-order valence-electron chi connectivity index (χ0n) is 18.3. The molecule has 0 saturated carbocycles. The van der Waals surface area contributed by atoms with Gasteiger partial charge < -0.3 is 20.1 Å². The topological polar surface area (TPSA) is 194 Å². The first-order valence-corrected chi connectivity index (χ1v) is 11.9. The number of carboxylic acids is 1. The van der Waals surface area contributed by atoms with Crippen LogP contribution in [-0.2, 0) is 31.0 Å². The Morgan fingerprint density at radius 3 is 2.60 bits per heavy atom. The first-order chi connectivity index (χ1) is 16.5. The lowest BCUT2D eigenvalue weighted by molar-refractivity contribution is -0.149. The fraction of sp³-hybridized carbons (Fsp3) is 0.316. The zero-order chi connectivity index (χ0) is 25.6. The number of hydrogen-bond acceptors (Lipinski definition) is 11. The molecule has 2 aromatic rings. The molecule has 2 atom stereocenters. The third kappa shape index (κ3) is 4.10. The maximum Gasteiger partial charge on any atom is 0.352 e. The molecule has 2 aromatic heterocycles. The van der Waals surface area contributed by atoms with Crippen LogP contribution in [0.15, 0.2) is 33.8 Å². The molecule has 0 radical (unpaired) electrons. The van der Waals surface area contributed by atoms with Gasteiger partial charge in [0, 0.05) is 43.1 Å². The second kappa shape index (κ2) is 9.03. The van der Waals surface area contributed by atoms with Crippen molar-refractivity contribution in [3.05, 3.63) is 45.2 Å². The Morgan fingerprint density at radius 1 is 1.34 bits per heavy atom. The number of aryl methyl sites for hydroxylation is 1. The van der Waals surface area contributed by atoms with Gasteiger partial charge in [0.05, 0.1) is 0 Å². The number of carbonyl (C=O) groups excluding carboxylic acids is 3. The van der Waals surface area contributed by atoms with Crippen LogP contribution in [0.2, 0.25) is 0 Å². The number of hydrogen-bond donors (Lipinski definition) is 3. The Morgan fingerprint density at radius 2 is 2.06 bits per heavy atom. The SMILES string of the molecule is CC(=O)OCC1=C(C(=O)O)N2C(=O)C(N(C(=O)C(=N)c3csc(N)n3)n3ccn(C)c3=O)[C@@H]2SC1. The third-order valence-corrected chi connectivity index (χ3v) is 7.30. The van der Waals surface area contributed by atoms with Gasteiger partial charge in [-0.15, -0.1) is 23.1 Å². The van der Waals surface area contributed by atoms with Crippen LogP contribution in [0.4, 0.5) is 5.13 Å². The van der Waals surface area contributed by atoms with Crippen LogP contribution < -0.4 is 16.4 Å². The van der Waals surface area contributed by atoms with Gasteiger partial charge in [-0.05, 0) is 0 Å². The van der Waals surface area contributed by atoms with Crippen LogP contribution in [0.5, 0.6) is 0 Å². The normalized spacial score (nSPS) is 19.1. The van der Waals surface area contributed by atoms with E-state index in [1.807, 2.05) is 0 Å². The van der Waals surface area contributed by atoms with Crippen molar-refractivity contribution < 1.29 is 29.0 Å². The Labute approximate surface area is 205 Å². The fourth-order valence-corrected chi connectivity index (χ4v) is 5.57. The number of nitrogens with zero attached hydrogens (tertiary/aromatic N) is 5. The first-order valence-electron chi connectivity index (χ1n) is 9.94. The van der Waals surface area contributed by atoms with E-state index in [-0.39, 0.29) is 34.5 Å². The summed E-state index contributed by atoms with van der Waals surface area (Å²) in [5.74, 6) is -3.66. The number of nitrogen functional groups attached to an aromatic ring is 1. The Balaban J connectivity index is 1.73. The maximum atomic E-state index is 13.4. The number of anilines is 1. The van der Waals surface area contributed by atoms with Crippen LogP contribution in [0, 0.1) is 5.41 Å². The number of carbonyl (C=O) groups is 4. The van der Waals surface area contributed by atoms with Crippen LogP contribution in [-0.4, -0.2) is 77.5 Å². The van der Waals surface area contributed by atoms with Crippen molar-refractivity contribution in [2.24, 2.45) is 7.05 Å². The molecule has 1 saturated heterocycles. The second-order valence-electron chi connectivity index (χ2n) is 7.52. The molecule has 2 amide bonds. The van der Waals surface area contributed by atoms with Crippen LogP contribution in [0.25, 0.3) is 0 Å². The minimum Gasteiger partial charge on any atom is -0.477 e. The van der Waals surface area contributed by atoms with Crippen LogP contribution >= 0.6 is 23.1 Å². The van der Waals surface area contributed by atoms with E-state index in [0.29, 0.717) is 0 Å². The molecule has 14 nitrogen and oxygen atoms in total. The molecule has 0 bridgehead atoms. The van der Waals surface area contributed by atoms with Gasteiger partial charge >= 0.3 is 17.6 Å². The Bertz CT molecular complexity index is 1360. The molecule has 35 heavy (non-hydrogen) atoms. The van der Waals surface area contributed by atoms with E-state index in [2.05, 4.69) is 4.98 Å². The predicted molar refractivity (Wildman–Crippen MR) is 124 cm³/mol. The van der Waals surface area contributed by atoms with Crippen molar-refractivity contribution in [3.8, 4) is 0 Å². The van der Waals surface area contributed by atoms with E-state index in [0.717, 1.165) is 37.7 Å². The summed E-state index contributed by atoms with van der Waals surface area (Å²) < 4.78 is 7.01. The van der Waals surface area contributed by atoms with E-state index < -0.39 is 46.6 Å². The van der Waals surface area contributed by atoms with Gasteiger partial charge in [-0.3, -0.25) is 24.7 Å². The van der Waals surface area contributed by atoms with Crippen LogP contribution in [0.1, 0.15) is 12.6 Å². The first kappa shape index (κ1) is 24.2. The van der Waals surface area contributed by atoms with Crippen LogP contribution in [0.3, 0.4) is 0 Å². The predicted octanol–water partition coefficient (Wildman–Crippen LogP) is -1.06. The number of amides is 2. The minimum atomic E-state index is -1.40. The van der Waals surface area contributed by atoms with Crippen molar-refractivity contribution in [2.75, 3.05) is 23.1 Å². The summed E-state index contributed by atoms with van der Waals surface area (Å²) in [5, 5.41) is 19.6. The van der Waals surface area contributed by atoms with Crippen molar-refractivity contribution in [2.45, 2.75) is 18.3 Å². The number of aromatic nitrogens is 3. The lowest BCUT2D eigenvalue weighted by Crippen LogP contribution is -2.75. The number of nitrogens with two attached hydrogens (primary N) is 1. The number of rotatable bonds is 7. The number of carboxylic acid groups (broad SMARTS) is 1. The van der Waals surface area contributed by atoms with E-state index in [9.17, 15) is 29.1 Å². The number of thioether (sulfide) groups is 1. The average Bonchev–Trinajstić information content (AvgIpc) is 3.39. The summed E-state index contributed by atoms with van der Waals surface area (Å²) in [6, 6.07) is -1.28. The standard InChI is InChI=1S/C19H19N7O7S2/c1-8(27)33-5-9-6-34-16-13(15(29)25(16)12(9)17(30)31)26(24-4-3-23(2)19(24)32)14(28)11(20)10-7-35-18(21)22-10/h3-4,7,13,16,20H,5-6H2,1-2H3,(H2,21,22)(H,30,31)/t13?,16-/m0/s1. The molecule has 0 aromatic carbocycles. The largest absolute Gasteiger partial charge is 0.477 e. The van der Waals surface area contributed by atoms with E-state index >= 15 is 0 Å².